The van der Waals surface area contributed by atoms with Crippen molar-refractivity contribution < 1.29 is 14.3 Å². The Hall–Kier alpha value is -3.04. The van der Waals surface area contributed by atoms with E-state index < -0.39 is 0 Å². The van der Waals surface area contributed by atoms with E-state index in [-0.39, 0.29) is 30.2 Å². The SMILES string of the molecule is CC(c1nnc(SCC(=O)Nc2cccc(Cl)c2)n1C)N1C(=O)COc2ccccc21. The fraction of sp³-hybridized carbons (Fsp3) is 0.238. The van der Waals surface area contributed by atoms with Crippen LogP contribution < -0.4 is 15.0 Å². The summed E-state index contributed by atoms with van der Waals surface area (Å²) in [5, 5.41) is 12.4. The Kier molecular flexibility index (Phi) is 6.15. The van der Waals surface area contributed by atoms with Gasteiger partial charge in [0.1, 0.15) is 5.75 Å². The van der Waals surface area contributed by atoms with Crippen LogP contribution >= 0.6 is 23.4 Å². The number of rotatable bonds is 6. The number of carbonyl (C=O) groups excluding carboxylic acids is 2. The highest BCUT2D eigenvalue weighted by Crippen LogP contribution is 2.37. The number of hydrogen-bond donors (Lipinski definition) is 1. The van der Waals surface area contributed by atoms with Crippen molar-refractivity contribution in [3.63, 3.8) is 0 Å². The Morgan fingerprint density at radius 3 is 2.87 bits per heavy atom. The Morgan fingerprint density at radius 1 is 1.26 bits per heavy atom. The molecule has 2 amide bonds. The van der Waals surface area contributed by atoms with Gasteiger partial charge in [0.25, 0.3) is 5.91 Å². The molecule has 1 atom stereocenters. The second-order valence-corrected chi connectivity index (χ2v) is 8.32. The summed E-state index contributed by atoms with van der Waals surface area (Å²) in [7, 11) is 1.82. The van der Waals surface area contributed by atoms with Gasteiger partial charge in [-0.25, -0.2) is 0 Å². The van der Waals surface area contributed by atoms with Crippen LogP contribution in [0.15, 0.2) is 53.7 Å². The average Bonchev–Trinajstić information content (AvgIpc) is 3.12. The van der Waals surface area contributed by atoms with Crippen molar-refractivity contribution in [3.8, 4) is 5.75 Å². The lowest BCUT2D eigenvalue weighted by Crippen LogP contribution is -2.41. The fourth-order valence-electron chi connectivity index (χ4n) is 3.37. The van der Waals surface area contributed by atoms with Crippen LogP contribution in [0.2, 0.25) is 5.02 Å². The quantitative estimate of drug-likeness (QED) is 0.568. The minimum atomic E-state index is -0.357. The molecule has 160 valence electrons. The summed E-state index contributed by atoms with van der Waals surface area (Å²) in [5.41, 5.74) is 1.33. The molecule has 2 heterocycles. The van der Waals surface area contributed by atoms with E-state index >= 15 is 0 Å². The van der Waals surface area contributed by atoms with E-state index in [9.17, 15) is 9.59 Å². The van der Waals surface area contributed by atoms with Crippen LogP contribution in [0.4, 0.5) is 11.4 Å². The Balaban J connectivity index is 1.46. The zero-order valence-electron chi connectivity index (χ0n) is 16.9. The number of anilines is 2. The second kappa shape index (κ2) is 8.99. The summed E-state index contributed by atoms with van der Waals surface area (Å²) in [6, 6.07) is 14.0. The number of amides is 2. The molecule has 1 N–H and O–H groups in total. The number of ether oxygens (including phenoxy) is 1. The van der Waals surface area contributed by atoms with Crippen molar-refractivity contribution >= 4 is 46.6 Å². The first-order chi connectivity index (χ1) is 14.9. The van der Waals surface area contributed by atoms with Gasteiger partial charge in [0.2, 0.25) is 5.91 Å². The highest BCUT2D eigenvalue weighted by atomic mass is 35.5. The molecule has 2 aromatic carbocycles. The molecular formula is C21H20ClN5O3S. The van der Waals surface area contributed by atoms with Crippen molar-refractivity contribution in [1.82, 2.24) is 14.8 Å². The molecule has 0 spiro atoms. The number of carbonyl (C=O) groups is 2. The first-order valence-electron chi connectivity index (χ1n) is 9.55. The lowest BCUT2D eigenvalue weighted by molar-refractivity contribution is -0.121. The molecule has 1 aliphatic rings. The molecule has 1 unspecified atom stereocenters. The number of para-hydroxylation sites is 2. The van der Waals surface area contributed by atoms with E-state index in [0.29, 0.717) is 33.1 Å². The van der Waals surface area contributed by atoms with Gasteiger partial charge in [0, 0.05) is 17.8 Å². The monoisotopic (exact) mass is 457 g/mol. The van der Waals surface area contributed by atoms with Crippen molar-refractivity contribution in [2.75, 3.05) is 22.6 Å². The Morgan fingerprint density at radius 2 is 2.06 bits per heavy atom. The lowest BCUT2D eigenvalue weighted by atomic mass is 10.1. The summed E-state index contributed by atoms with van der Waals surface area (Å²) in [6.45, 7) is 1.87. The molecule has 1 aliphatic heterocycles. The standard InChI is InChI=1S/C21H20ClN5O3S/c1-13(27-16-8-3-4-9-17(16)30-11-19(27)29)20-24-25-21(26(20)2)31-12-18(28)23-15-7-5-6-14(22)10-15/h3-10,13H,11-12H2,1-2H3,(H,23,28). The minimum absolute atomic E-state index is 0.0233. The minimum Gasteiger partial charge on any atom is -0.482 e. The van der Waals surface area contributed by atoms with Crippen LogP contribution in [-0.2, 0) is 16.6 Å². The summed E-state index contributed by atoms with van der Waals surface area (Å²) in [4.78, 5) is 26.5. The van der Waals surface area contributed by atoms with E-state index in [1.54, 1.807) is 33.7 Å². The van der Waals surface area contributed by atoms with E-state index in [4.69, 9.17) is 16.3 Å². The summed E-state index contributed by atoms with van der Waals surface area (Å²) in [6.07, 6.45) is 0. The van der Waals surface area contributed by atoms with Gasteiger partial charge >= 0.3 is 0 Å². The molecule has 0 aliphatic carbocycles. The van der Waals surface area contributed by atoms with E-state index in [0.717, 1.165) is 0 Å². The summed E-state index contributed by atoms with van der Waals surface area (Å²) < 4.78 is 7.32. The van der Waals surface area contributed by atoms with Gasteiger partial charge in [-0.15, -0.1) is 10.2 Å². The zero-order valence-corrected chi connectivity index (χ0v) is 18.5. The van der Waals surface area contributed by atoms with Crippen LogP contribution in [0.25, 0.3) is 0 Å². The third kappa shape index (κ3) is 4.52. The molecule has 10 heteroatoms. The Bertz CT molecular complexity index is 1140. The van der Waals surface area contributed by atoms with Gasteiger partial charge in [0.15, 0.2) is 17.6 Å². The van der Waals surface area contributed by atoms with Crippen molar-refractivity contribution in [2.45, 2.75) is 18.1 Å². The smallest absolute Gasteiger partial charge is 0.265 e. The molecule has 0 bridgehead atoms. The second-order valence-electron chi connectivity index (χ2n) is 6.94. The molecule has 3 aromatic rings. The van der Waals surface area contributed by atoms with Crippen LogP contribution in [0.3, 0.4) is 0 Å². The van der Waals surface area contributed by atoms with Crippen molar-refractivity contribution in [2.24, 2.45) is 7.05 Å². The van der Waals surface area contributed by atoms with Crippen LogP contribution in [0, 0.1) is 0 Å². The number of hydrogen-bond acceptors (Lipinski definition) is 6. The molecule has 4 rings (SSSR count). The maximum Gasteiger partial charge on any atom is 0.265 e. The third-order valence-corrected chi connectivity index (χ3v) is 6.07. The van der Waals surface area contributed by atoms with Crippen LogP contribution in [-0.4, -0.2) is 38.9 Å². The number of nitrogens with one attached hydrogen (secondary N) is 1. The number of thioether (sulfide) groups is 1. The predicted octanol–water partition coefficient (Wildman–Crippen LogP) is 3.69. The number of aromatic nitrogens is 3. The van der Waals surface area contributed by atoms with Gasteiger partial charge in [-0.2, -0.15) is 0 Å². The largest absolute Gasteiger partial charge is 0.482 e. The average molecular weight is 458 g/mol. The van der Waals surface area contributed by atoms with Crippen molar-refractivity contribution in [3.05, 3.63) is 59.4 Å². The van der Waals surface area contributed by atoms with E-state index in [2.05, 4.69) is 15.5 Å². The molecule has 31 heavy (non-hydrogen) atoms. The molecule has 0 fully saturated rings. The maximum absolute atomic E-state index is 12.6. The van der Waals surface area contributed by atoms with Gasteiger partial charge < -0.3 is 14.6 Å². The molecule has 0 saturated carbocycles. The number of benzene rings is 2. The predicted molar refractivity (Wildman–Crippen MR) is 120 cm³/mol. The van der Waals surface area contributed by atoms with Gasteiger partial charge in [-0.1, -0.05) is 41.6 Å². The van der Waals surface area contributed by atoms with Crippen LogP contribution in [0.5, 0.6) is 5.75 Å². The van der Waals surface area contributed by atoms with Gasteiger partial charge in [-0.05, 0) is 37.3 Å². The number of nitrogens with zero attached hydrogens (tertiary/aromatic N) is 4. The number of fused-ring (bicyclic) bond motifs is 1. The summed E-state index contributed by atoms with van der Waals surface area (Å²) >= 11 is 7.21. The topological polar surface area (TPSA) is 89.4 Å². The van der Waals surface area contributed by atoms with Gasteiger partial charge in [-0.3, -0.25) is 14.5 Å². The normalized spacial score (nSPS) is 14.0. The van der Waals surface area contributed by atoms with Gasteiger partial charge in [0.05, 0.1) is 17.5 Å². The highest BCUT2D eigenvalue weighted by molar-refractivity contribution is 7.99. The first-order valence-corrected chi connectivity index (χ1v) is 10.9. The molecular weight excluding hydrogens is 438 g/mol. The molecule has 1 aromatic heterocycles. The van der Waals surface area contributed by atoms with Crippen molar-refractivity contribution in [1.29, 1.82) is 0 Å². The lowest BCUT2D eigenvalue weighted by Gasteiger charge is -2.33. The highest BCUT2D eigenvalue weighted by Gasteiger charge is 2.32. The molecule has 8 nitrogen and oxygen atoms in total. The zero-order chi connectivity index (χ0) is 22.0. The maximum atomic E-state index is 12.6. The fourth-order valence-corrected chi connectivity index (χ4v) is 4.28. The molecule has 0 saturated heterocycles. The van der Waals surface area contributed by atoms with E-state index in [1.807, 2.05) is 38.2 Å². The van der Waals surface area contributed by atoms with E-state index in [1.165, 1.54) is 11.8 Å². The third-order valence-electron chi connectivity index (χ3n) is 4.81. The molecule has 0 radical (unpaired) electrons. The van der Waals surface area contributed by atoms with Crippen LogP contribution in [0.1, 0.15) is 18.8 Å². The summed E-state index contributed by atoms with van der Waals surface area (Å²) in [5.74, 6) is 1.10. The number of halogens is 1. The Labute approximate surface area is 188 Å². The first kappa shape index (κ1) is 21.2.